The summed E-state index contributed by atoms with van der Waals surface area (Å²) in [5, 5.41) is 18.3. The lowest BCUT2D eigenvalue weighted by molar-refractivity contribution is -0.117. The third-order valence-electron chi connectivity index (χ3n) is 5.98. The number of ether oxygens (including phenoxy) is 2. The highest BCUT2D eigenvalue weighted by Crippen LogP contribution is 2.24. The van der Waals surface area contributed by atoms with Gasteiger partial charge in [0.2, 0.25) is 11.7 Å². The van der Waals surface area contributed by atoms with Gasteiger partial charge in [-0.05, 0) is 31.1 Å². The number of Topliss-reactive ketones (excluding diaryl/α,β-unsaturated/α-hetero) is 1. The molecule has 1 aromatic carbocycles. The van der Waals surface area contributed by atoms with E-state index in [4.69, 9.17) is 9.47 Å². The minimum atomic E-state index is -1.59. The molecule has 5 rings (SSSR count). The van der Waals surface area contributed by atoms with Crippen molar-refractivity contribution in [3.8, 4) is 11.8 Å². The molecule has 3 aliphatic rings. The molecule has 2 aromatic rings. The van der Waals surface area contributed by atoms with E-state index in [1.807, 2.05) is 48.6 Å². The lowest BCUT2D eigenvalue weighted by Gasteiger charge is -2.18. The van der Waals surface area contributed by atoms with E-state index in [1.54, 1.807) is 28.9 Å². The third kappa shape index (κ3) is 4.08. The lowest BCUT2D eigenvalue weighted by atomic mass is 9.98. The normalized spacial score (nSPS) is 16.7. The van der Waals surface area contributed by atoms with E-state index in [9.17, 15) is 14.9 Å². The van der Waals surface area contributed by atoms with Crippen LogP contribution in [0.1, 0.15) is 29.4 Å². The molecule has 0 fully saturated rings. The Balaban J connectivity index is 1.56. The zero-order chi connectivity index (χ0) is 24.4. The zero-order valence-corrected chi connectivity index (χ0v) is 19.0. The van der Waals surface area contributed by atoms with Crippen LogP contribution in [0.2, 0.25) is 0 Å². The maximum atomic E-state index is 13.5. The molecular formula is C27H22N4O4. The summed E-state index contributed by atoms with van der Waals surface area (Å²) in [4.78, 5) is 26.5. The molecule has 35 heavy (non-hydrogen) atoms. The van der Waals surface area contributed by atoms with Gasteiger partial charge in [0.1, 0.15) is 23.5 Å². The monoisotopic (exact) mass is 466 g/mol. The number of nitriles is 1. The van der Waals surface area contributed by atoms with E-state index in [0.29, 0.717) is 28.8 Å². The van der Waals surface area contributed by atoms with Crippen LogP contribution < -0.4 is 20.6 Å². The Morgan fingerprint density at radius 3 is 2.89 bits per heavy atom. The molecule has 1 N–H and O–H groups in total. The van der Waals surface area contributed by atoms with Crippen LogP contribution >= 0.6 is 0 Å². The Hall–Kier alpha value is -4.64. The summed E-state index contributed by atoms with van der Waals surface area (Å²) in [5.74, 6) is -1.79. The first-order chi connectivity index (χ1) is 17.1. The van der Waals surface area contributed by atoms with Gasteiger partial charge in [0.05, 0.1) is 29.8 Å². The maximum absolute atomic E-state index is 13.5. The van der Waals surface area contributed by atoms with Crippen molar-refractivity contribution >= 4 is 29.2 Å². The molecule has 0 spiro atoms. The van der Waals surface area contributed by atoms with Gasteiger partial charge in [-0.15, -0.1) is 0 Å². The van der Waals surface area contributed by atoms with Crippen molar-refractivity contribution in [3.05, 3.63) is 88.8 Å². The molecule has 174 valence electrons. The molecular weight excluding hydrogens is 444 g/mol. The average Bonchev–Trinajstić information content (AvgIpc) is 3.30. The number of carbonyl (C=O) groups excluding carboxylic acids is 2. The number of hydrogen-bond donors (Lipinski definition) is 1. The van der Waals surface area contributed by atoms with Gasteiger partial charge in [-0.2, -0.15) is 10.4 Å². The van der Waals surface area contributed by atoms with Crippen LogP contribution in [0.5, 0.6) is 5.75 Å². The number of rotatable bonds is 6. The molecule has 8 heteroatoms. The van der Waals surface area contributed by atoms with Gasteiger partial charge in [-0.1, -0.05) is 42.5 Å². The van der Waals surface area contributed by atoms with E-state index in [1.165, 1.54) is 13.4 Å². The summed E-state index contributed by atoms with van der Waals surface area (Å²) in [6.07, 6.45) is 16.8. The Morgan fingerprint density at radius 1 is 1.29 bits per heavy atom. The quantitative estimate of drug-likeness (QED) is 0.399. The predicted octanol–water partition coefficient (Wildman–Crippen LogP) is 2.67. The molecule has 0 saturated carbocycles. The largest absolute Gasteiger partial charge is 0.497 e. The van der Waals surface area contributed by atoms with Crippen LogP contribution in [-0.2, 0) is 9.53 Å². The summed E-state index contributed by atoms with van der Waals surface area (Å²) in [5.41, 5.74) is 1.35. The topological polar surface area (TPSA) is 106 Å². The molecule has 2 aliphatic carbocycles. The number of carbonyl (C=O) groups is 2. The third-order valence-corrected chi connectivity index (χ3v) is 5.98. The number of hydrogen-bond acceptors (Lipinski definition) is 6. The fourth-order valence-corrected chi connectivity index (χ4v) is 4.28. The smallest absolute Gasteiger partial charge is 0.249 e. The van der Waals surface area contributed by atoms with Gasteiger partial charge in [0.25, 0.3) is 0 Å². The Kier molecular flexibility index (Phi) is 5.90. The van der Waals surface area contributed by atoms with Crippen LogP contribution in [0.25, 0.3) is 11.8 Å². The average molecular weight is 466 g/mol. The van der Waals surface area contributed by atoms with Crippen LogP contribution in [0.3, 0.4) is 0 Å². The molecule has 1 aromatic heterocycles. The number of fused-ring (bicyclic) bond motifs is 2. The van der Waals surface area contributed by atoms with Crippen LogP contribution in [0.4, 0.5) is 5.69 Å². The van der Waals surface area contributed by atoms with E-state index in [0.717, 1.165) is 17.3 Å². The highest BCUT2D eigenvalue weighted by atomic mass is 16.5. The van der Waals surface area contributed by atoms with E-state index in [-0.39, 0.29) is 11.7 Å². The van der Waals surface area contributed by atoms with Crippen molar-refractivity contribution in [1.82, 2.24) is 9.78 Å². The molecule has 1 unspecified atom stereocenters. The minimum Gasteiger partial charge on any atom is -0.497 e. The zero-order valence-electron chi connectivity index (χ0n) is 19.0. The number of allylic oxidation sites excluding steroid dienone is 8. The number of benzene rings is 1. The predicted molar refractivity (Wildman–Crippen MR) is 129 cm³/mol. The lowest BCUT2D eigenvalue weighted by Crippen LogP contribution is -2.39. The molecule has 2 heterocycles. The number of nitrogens with zero attached hydrogens (tertiary/aromatic N) is 3. The standard InChI is InChI=1S/C27H22N4O4/c1-34-19-11-7-8-17(14-19)29-27(33)21(15-28)26(32)24-22-16-35-23-13-6-5-12-20(23)25(22)31(30-24)18-9-3-2-4-10-18/h3-11,13-14,16,18,21H,2,12H2,1H3,(H,29,33). The van der Waals surface area contributed by atoms with Crippen molar-refractivity contribution in [2.45, 2.75) is 18.9 Å². The number of ketones is 1. The Bertz CT molecular complexity index is 1490. The van der Waals surface area contributed by atoms with E-state index < -0.39 is 17.6 Å². The molecule has 1 amide bonds. The first kappa shape index (κ1) is 22.2. The van der Waals surface area contributed by atoms with Gasteiger partial charge in [0.15, 0.2) is 5.92 Å². The minimum absolute atomic E-state index is 0.0285. The summed E-state index contributed by atoms with van der Waals surface area (Å²) < 4.78 is 12.7. The molecule has 1 aliphatic heterocycles. The molecule has 8 nitrogen and oxygen atoms in total. The van der Waals surface area contributed by atoms with Gasteiger partial charge >= 0.3 is 0 Å². The van der Waals surface area contributed by atoms with Crippen molar-refractivity contribution in [2.24, 2.45) is 5.92 Å². The number of methoxy groups -OCH3 is 1. The highest BCUT2D eigenvalue weighted by molar-refractivity contribution is 6.15. The second-order valence-electron chi connectivity index (χ2n) is 8.16. The van der Waals surface area contributed by atoms with Crippen LogP contribution in [-0.4, -0.2) is 28.6 Å². The first-order valence-corrected chi connectivity index (χ1v) is 11.2. The van der Waals surface area contributed by atoms with Crippen molar-refractivity contribution < 1.29 is 19.1 Å². The first-order valence-electron chi connectivity index (χ1n) is 11.2. The van der Waals surface area contributed by atoms with Crippen LogP contribution in [0, 0.1) is 17.2 Å². The number of anilines is 1. The number of aromatic nitrogens is 2. The summed E-state index contributed by atoms with van der Waals surface area (Å²) in [7, 11) is 1.51. The molecule has 1 atom stereocenters. The van der Waals surface area contributed by atoms with Gasteiger partial charge in [-0.25, -0.2) is 0 Å². The Morgan fingerprint density at radius 2 is 2.11 bits per heavy atom. The SMILES string of the molecule is COc1cccc(NC(=O)C(C#N)C(=O)c2nn(C3C=CCC=C3)c3c2=COC2=CC=CCC=32)c1. The van der Waals surface area contributed by atoms with E-state index >= 15 is 0 Å². The fraction of sp³-hybridized carbons (Fsp3) is 0.185. The summed E-state index contributed by atoms with van der Waals surface area (Å²) in [6, 6.07) is 8.34. The van der Waals surface area contributed by atoms with Gasteiger partial charge in [-0.3, -0.25) is 14.3 Å². The molecule has 0 radical (unpaired) electrons. The summed E-state index contributed by atoms with van der Waals surface area (Å²) in [6.45, 7) is 0. The summed E-state index contributed by atoms with van der Waals surface area (Å²) >= 11 is 0. The van der Waals surface area contributed by atoms with Gasteiger partial charge in [0, 0.05) is 17.3 Å². The van der Waals surface area contributed by atoms with Crippen molar-refractivity contribution in [1.29, 1.82) is 5.26 Å². The van der Waals surface area contributed by atoms with Crippen LogP contribution in [0.15, 0.2) is 72.6 Å². The fourth-order valence-electron chi connectivity index (χ4n) is 4.28. The van der Waals surface area contributed by atoms with E-state index in [2.05, 4.69) is 10.4 Å². The molecule has 0 bridgehead atoms. The maximum Gasteiger partial charge on any atom is 0.249 e. The van der Waals surface area contributed by atoms with Gasteiger partial charge < -0.3 is 14.8 Å². The van der Waals surface area contributed by atoms with Crippen molar-refractivity contribution in [3.63, 3.8) is 0 Å². The number of nitrogens with one attached hydrogen (secondary N) is 1. The second kappa shape index (κ2) is 9.31. The highest BCUT2D eigenvalue weighted by Gasteiger charge is 2.33. The Labute approximate surface area is 201 Å². The van der Waals surface area contributed by atoms with Crippen molar-refractivity contribution in [2.75, 3.05) is 12.4 Å². The number of amides is 1. The second-order valence-corrected chi connectivity index (χ2v) is 8.16. The molecule has 0 saturated heterocycles.